The summed E-state index contributed by atoms with van der Waals surface area (Å²) in [7, 11) is 0. The van der Waals surface area contributed by atoms with Gasteiger partial charge in [-0.05, 0) is 60.9 Å². The van der Waals surface area contributed by atoms with E-state index in [1.165, 1.54) is 12.0 Å². The van der Waals surface area contributed by atoms with Crippen molar-refractivity contribution in [2.45, 2.75) is 64.0 Å². The first-order valence-corrected chi connectivity index (χ1v) is 13.1. The predicted octanol–water partition coefficient (Wildman–Crippen LogP) is 5.26. The lowest BCUT2D eigenvalue weighted by Gasteiger charge is -2.33. The number of amides is 2. The van der Waals surface area contributed by atoms with Crippen LogP contribution in [0, 0.1) is 6.92 Å². The van der Waals surface area contributed by atoms with Crippen LogP contribution in [-0.4, -0.2) is 34.3 Å². The maximum Gasteiger partial charge on any atom is 0.247 e. The molecular formula is C28H33N3O2S. The fourth-order valence-corrected chi connectivity index (χ4v) is 5.42. The van der Waals surface area contributed by atoms with E-state index in [9.17, 15) is 9.59 Å². The number of rotatable bonds is 9. The summed E-state index contributed by atoms with van der Waals surface area (Å²) < 4.78 is 0. The van der Waals surface area contributed by atoms with E-state index in [0.717, 1.165) is 41.7 Å². The molecule has 1 saturated carbocycles. The molecule has 0 aliphatic heterocycles. The van der Waals surface area contributed by atoms with Crippen LogP contribution in [0.15, 0.2) is 66.3 Å². The number of benzene rings is 1. The largest absolute Gasteiger partial charge is 0.351 e. The first-order chi connectivity index (χ1) is 16.6. The Hall–Kier alpha value is -2.99. The summed E-state index contributed by atoms with van der Waals surface area (Å²) in [6, 6.07) is 15.5. The number of pyridine rings is 1. The smallest absolute Gasteiger partial charge is 0.247 e. The number of hydrogen-bond donors (Lipinski definition) is 1. The molecule has 178 valence electrons. The third-order valence-corrected chi connectivity index (χ3v) is 7.36. The topological polar surface area (TPSA) is 62.3 Å². The standard InChI is InChI=1S/C28H33N3O2S/c1-21-7-5-8-22(19-21)14-17-31(26(32)20-25-11-6-18-34-25)27(23-12-15-29-16-13-23)28(33)30-24-9-3-2-4-10-24/h5-8,11-13,15-16,18-19,24,27H,2-4,9-10,14,17,20H2,1H3,(H,30,33)/t27-/m0/s1. The van der Waals surface area contributed by atoms with Crippen LogP contribution in [0.3, 0.4) is 0 Å². The van der Waals surface area contributed by atoms with Crippen molar-refractivity contribution in [3.8, 4) is 0 Å². The van der Waals surface area contributed by atoms with Gasteiger partial charge in [0.05, 0.1) is 6.42 Å². The summed E-state index contributed by atoms with van der Waals surface area (Å²) in [6.07, 6.45) is 9.88. The maximum atomic E-state index is 13.7. The molecule has 0 bridgehead atoms. The van der Waals surface area contributed by atoms with E-state index < -0.39 is 6.04 Å². The molecule has 0 radical (unpaired) electrons. The van der Waals surface area contributed by atoms with Crippen LogP contribution in [0.1, 0.15) is 59.7 Å². The third kappa shape index (κ3) is 6.54. The van der Waals surface area contributed by atoms with E-state index in [1.54, 1.807) is 28.6 Å². The van der Waals surface area contributed by atoms with Crippen LogP contribution in [0.5, 0.6) is 0 Å². The van der Waals surface area contributed by atoms with E-state index in [-0.39, 0.29) is 17.9 Å². The average molecular weight is 476 g/mol. The van der Waals surface area contributed by atoms with E-state index in [2.05, 4.69) is 35.4 Å². The molecule has 34 heavy (non-hydrogen) atoms. The lowest BCUT2D eigenvalue weighted by molar-refractivity contribution is -0.140. The minimum absolute atomic E-state index is 0.0318. The highest BCUT2D eigenvalue weighted by molar-refractivity contribution is 7.10. The van der Waals surface area contributed by atoms with Crippen molar-refractivity contribution in [2.75, 3.05) is 6.54 Å². The summed E-state index contributed by atoms with van der Waals surface area (Å²) in [5, 5.41) is 5.25. The Balaban J connectivity index is 1.62. The number of carbonyl (C=O) groups excluding carboxylic acids is 2. The Morgan fingerprint density at radius 1 is 1.09 bits per heavy atom. The van der Waals surface area contributed by atoms with Crippen LogP contribution in [0.2, 0.25) is 0 Å². The zero-order valence-corrected chi connectivity index (χ0v) is 20.6. The molecule has 0 saturated heterocycles. The maximum absolute atomic E-state index is 13.7. The van der Waals surface area contributed by atoms with Crippen molar-refractivity contribution in [2.24, 2.45) is 0 Å². The van der Waals surface area contributed by atoms with Gasteiger partial charge in [0.15, 0.2) is 0 Å². The Labute approximate surface area is 206 Å². The van der Waals surface area contributed by atoms with Gasteiger partial charge in [0.25, 0.3) is 0 Å². The summed E-state index contributed by atoms with van der Waals surface area (Å²) >= 11 is 1.57. The van der Waals surface area contributed by atoms with Gasteiger partial charge in [-0.25, -0.2) is 0 Å². The van der Waals surface area contributed by atoms with Gasteiger partial charge in [0.2, 0.25) is 11.8 Å². The second-order valence-electron chi connectivity index (χ2n) is 9.11. The first-order valence-electron chi connectivity index (χ1n) is 12.2. The number of nitrogens with one attached hydrogen (secondary N) is 1. The van der Waals surface area contributed by atoms with Gasteiger partial charge in [-0.15, -0.1) is 11.3 Å². The van der Waals surface area contributed by atoms with Gasteiger partial charge in [-0.1, -0.05) is 55.2 Å². The van der Waals surface area contributed by atoms with Gasteiger partial charge in [0.1, 0.15) is 6.04 Å². The monoisotopic (exact) mass is 475 g/mol. The summed E-state index contributed by atoms with van der Waals surface area (Å²) in [4.78, 5) is 34.3. The molecular weight excluding hydrogens is 442 g/mol. The van der Waals surface area contributed by atoms with Gasteiger partial charge >= 0.3 is 0 Å². The molecule has 1 aliphatic rings. The van der Waals surface area contributed by atoms with Crippen LogP contribution >= 0.6 is 11.3 Å². The van der Waals surface area contributed by atoms with Crippen molar-refractivity contribution >= 4 is 23.2 Å². The van der Waals surface area contributed by atoms with Gasteiger partial charge in [-0.2, -0.15) is 0 Å². The Morgan fingerprint density at radius 3 is 2.59 bits per heavy atom. The molecule has 1 fully saturated rings. The van der Waals surface area contributed by atoms with Crippen molar-refractivity contribution in [1.29, 1.82) is 0 Å². The molecule has 1 N–H and O–H groups in total. The van der Waals surface area contributed by atoms with Crippen LogP contribution in [-0.2, 0) is 22.4 Å². The van der Waals surface area contributed by atoms with Crippen LogP contribution in [0.25, 0.3) is 0 Å². The van der Waals surface area contributed by atoms with Gasteiger partial charge < -0.3 is 10.2 Å². The van der Waals surface area contributed by atoms with Gasteiger partial charge in [0, 0.05) is 29.9 Å². The summed E-state index contributed by atoms with van der Waals surface area (Å²) in [5.74, 6) is -0.127. The van der Waals surface area contributed by atoms with Crippen molar-refractivity contribution < 1.29 is 9.59 Å². The zero-order valence-electron chi connectivity index (χ0n) is 19.8. The molecule has 6 heteroatoms. The Bertz CT molecular complexity index is 1060. The minimum Gasteiger partial charge on any atom is -0.351 e. The number of aryl methyl sites for hydroxylation is 1. The molecule has 2 heterocycles. The van der Waals surface area contributed by atoms with Crippen LogP contribution in [0.4, 0.5) is 0 Å². The van der Waals surface area contributed by atoms with Crippen molar-refractivity contribution in [3.05, 3.63) is 87.9 Å². The number of thiophene rings is 1. The number of carbonyl (C=O) groups is 2. The third-order valence-electron chi connectivity index (χ3n) is 6.48. The molecule has 1 aliphatic carbocycles. The SMILES string of the molecule is Cc1cccc(CCN(C(=O)Cc2cccs2)[C@H](C(=O)NC2CCCCC2)c2ccncc2)c1. The second kappa shape index (κ2) is 11.9. The van der Waals surface area contributed by atoms with E-state index in [0.29, 0.717) is 19.4 Å². The summed E-state index contributed by atoms with van der Waals surface area (Å²) in [5.41, 5.74) is 3.15. The lowest BCUT2D eigenvalue weighted by atomic mass is 9.94. The fraction of sp³-hybridized carbons (Fsp3) is 0.393. The molecule has 3 aromatic rings. The van der Waals surface area contributed by atoms with Gasteiger partial charge in [-0.3, -0.25) is 14.6 Å². The fourth-order valence-electron chi connectivity index (χ4n) is 4.72. The number of hydrogen-bond acceptors (Lipinski definition) is 4. The Kier molecular flexibility index (Phi) is 8.47. The molecule has 0 spiro atoms. The molecule has 4 rings (SSSR count). The highest BCUT2D eigenvalue weighted by Crippen LogP contribution is 2.25. The molecule has 2 aromatic heterocycles. The predicted molar refractivity (Wildman–Crippen MR) is 137 cm³/mol. The first kappa shape index (κ1) is 24.1. The van der Waals surface area contributed by atoms with E-state index in [1.807, 2.05) is 35.7 Å². The second-order valence-corrected chi connectivity index (χ2v) is 10.1. The van der Waals surface area contributed by atoms with E-state index in [4.69, 9.17) is 0 Å². The normalized spacial score (nSPS) is 15.0. The molecule has 5 nitrogen and oxygen atoms in total. The minimum atomic E-state index is -0.679. The zero-order chi connectivity index (χ0) is 23.8. The quantitative estimate of drug-likeness (QED) is 0.459. The number of aromatic nitrogens is 1. The van der Waals surface area contributed by atoms with Crippen LogP contribution < -0.4 is 5.32 Å². The summed E-state index contributed by atoms with van der Waals surface area (Å²) in [6.45, 7) is 2.54. The van der Waals surface area contributed by atoms with Crippen molar-refractivity contribution in [3.63, 3.8) is 0 Å². The highest BCUT2D eigenvalue weighted by Gasteiger charge is 2.32. The average Bonchev–Trinajstić information content (AvgIpc) is 3.36. The molecule has 1 atom stereocenters. The van der Waals surface area contributed by atoms with Crippen molar-refractivity contribution in [1.82, 2.24) is 15.2 Å². The van der Waals surface area contributed by atoms with E-state index >= 15 is 0 Å². The molecule has 1 aromatic carbocycles. The Morgan fingerprint density at radius 2 is 1.88 bits per heavy atom. The molecule has 2 amide bonds. The number of nitrogens with zero attached hydrogens (tertiary/aromatic N) is 2. The highest BCUT2D eigenvalue weighted by atomic mass is 32.1. The lowest BCUT2D eigenvalue weighted by Crippen LogP contribution is -2.48. The molecule has 0 unspecified atom stereocenters.